The molecule has 0 bridgehead atoms. The second kappa shape index (κ2) is 9.95. The van der Waals surface area contributed by atoms with Gasteiger partial charge in [-0.25, -0.2) is 0 Å². The summed E-state index contributed by atoms with van der Waals surface area (Å²) < 4.78 is 6.54. The molecule has 3 aromatic carbocycles. The fourth-order valence-electron chi connectivity index (χ4n) is 4.50. The first kappa shape index (κ1) is 22.1. The quantitative estimate of drug-likeness (QED) is 0.273. The normalized spacial score (nSPS) is 12.8. The minimum atomic E-state index is -3.37. The van der Waals surface area contributed by atoms with Gasteiger partial charge in [-0.3, -0.25) is 0 Å². The van der Waals surface area contributed by atoms with E-state index in [0.717, 1.165) is 0 Å². The summed E-state index contributed by atoms with van der Waals surface area (Å²) in [5, 5.41) is 0. The summed E-state index contributed by atoms with van der Waals surface area (Å²) in [6.45, 7) is 9.94. The average Bonchev–Trinajstić information content (AvgIpc) is 2.75. The predicted molar refractivity (Wildman–Crippen MR) is 135 cm³/mol. The van der Waals surface area contributed by atoms with Crippen molar-refractivity contribution in [3.63, 3.8) is 0 Å². The van der Waals surface area contributed by atoms with E-state index >= 15 is 0 Å². The second-order valence-electron chi connectivity index (χ2n) is 8.86. The van der Waals surface area contributed by atoms with E-state index in [-0.39, 0.29) is 0 Å². The Labute approximate surface area is 182 Å². The first-order valence-corrected chi connectivity index (χ1v) is 20.1. The molecule has 0 saturated carbocycles. The summed E-state index contributed by atoms with van der Waals surface area (Å²) in [5.41, 5.74) is 0. The number of benzene rings is 3. The Morgan fingerprint density at radius 1 is 0.690 bits per heavy atom. The monoisotopic (exact) mass is 506 g/mol. The Hall–Kier alpha value is -1.58. The van der Waals surface area contributed by atoms with Crippen LogP contribution in [0.25, 0.3) is 0 Å². The van der Waals surface area contributed by atoms with Gasteiger partial charge in [-0.15, -0.1) is 0 Å². The van der Waals surface area contributed by atoms with Crippen LogP contribution in [0.5, 0.6) is 0 Å². The van der Waals surface area contributed by atoms with Crippen LogP contribution >= 0.6 is 0 Å². The fourth-order valence-corrected chi connectivity index (χ4v) is 31.7. The van der Waals surface area contributed by atoms with E-state index in [1.165, 1.54) is 19.3 Å². The van der Waals surface area contributed by atoms with E-state index in [1.807, 2.05) is 3.21 Å². The van der Waals surface area contributed by atoms with Crippen molar-refractivity contribution in [2.24, 2.45) is 0 Å². The van der Waals surface area contributed by atoms with Gasteiger partial charge in [0, 0.05) is 0 Å². The first-order chi connectivity index (χ1) is 14.0. The van der Waals surface area contributed by atoms with E-state index in [0.29, 0.717) is 0 Å². The van der Waals surface area contributed by atoms with E-state index < -0.39 is 26.5 Å². The number of hydrogen-bond acceptors (Lipinski definition) is 0. The van der Waals surface area contributed by atoms with E-state index in [4.69, 9.17) is 0 Å². The molecule has 0 spiro atoms. The summed E-state index contributed by atoms with van der Waals surface area (Å²) in [7, 11) is -1.57. The molecule has 0 saturated heterocycles. The molecule has 0 N–H and O–H groups in total. The standard InChI is InChI=1S/C9H19Si.3C6H5.Sn/c1-5-6-7-8-9-10(2,3)4;3*1-2-4-6-5-3-1;/h8H,5-7H2,1-4H3;3*1-5H;. The van der Waals surface area contributed by atoms with Crippen molar-refractivity contribution in [2.75, 3.05) is 0 Å². The SMILES string of the molecule is CCCC/C=[C](\[Si](C)(C)C)[Sn]([c]1ccccc1)([c]1ccccc1)[c]1ccccc1. The Kier molecular flexibility index (Phi) is 7.58. The third-order valence-corrected chi connectivity index (χ3v) is 29.7. The zero-order chi connectivity index (χ0) is 20.7. The van der Waals surface area contributed by atoms with Gasteiger partial charge in [0.1, 0.15) is 0 Å². The van der Waals surface area contributed by atoms with Gasteiger partial charge in [0.05, 0.1) is 0 Å². The summed E-state index contributed by atoms with van der Waals surface area (Å²) in [4.78, 5) is 0. The van der Waals surface area contributed by atoms with Crippen LogP contribution < -0.4 is 10.7 Å². The molecule has 0 amide bonds. The molecule has 0 aliphatic rings. The molecule has 0 radical (unpaired) electrons. The van der Waals surface area contributed by atoms with Crippen LogP contribution in [0, 0.1) is 0 Å². The molecular weight excluding hydrogens is 471 g/mol. The van der Waals surface area contributed by atoms with Crippen molar-refractivity contribution in [1.29, 1.82) is 0 Å². The van der Waals surface area contributed by atoms with Crippen LogP contribution in [0.1, 0.15) is 26.2 Å². The maximum absolute atomic E-state index is 3.37. The molecule has 150 valence electrons. The van der Waals surface area contributed by atoms with Crippen molar-refractivity contribution < 1.29 is 0 Å². The molecule has 2 heteroatoms. The number of rotatable bonds is 8. The van der Waals surface area contributed by atoms with Crippen LogP contribution in [0.4, 0.5) is 0 Å². The van der Waals surface area contributed by atoms with Crippen LogP contribution in [-0.4, -0.2) is 26.5 Å². The molecule has 0 nitrogen and oxygen atoms in total. The van der Waals surface area contributed by atoms with Gasteiger partial charge in [-0.05, 0) is 0 Å². The summed E-state index contributed by atoms with van der Waals surface area (Å²) >= 11 is -3.37. The summed E-state index contributed by atoms with van der Waals surface area (Å²) in [5.74, 6) is 0. The van der Waals surface area contributed by atoms with Gasteiger partial charge in [0.15, 0.2) is 0 Å². The zero-order valence-electron chi connectivity index (χ0n) is 18.4. The Morgan fingerprint density at radius 2 is 1.07 bits per heavy atom. The Bertz CT molecular complexity index is 812. The molecule has 0 aliphatic carbocycles. The molecule has 0 atom stereocenters. The van der Waals surface area contributed by atoms with Crippen molar-refractivity contribution in [3.8, 4) is 0 Å². The summed E-state index contributed by atoms with van der Waals surface area (Å²) in [6, 6.07) is 34.3. The van der Waals surface area contributed by atoms with Crippen molar-refractivity contribution in [1.82, 2.24) is 0 Å². The third kappa shape index (κ3) is 4.78. The Morgan fingerprint density at radius 3 is 1.38 bits per heavy atom. The fraction of sp³-hybridized carbons (Fsp3) is 0.259. The predicted octanol–water partition coefficient (Wildman–Crippen LogP) is 5.69. The number of allylic oxidation sites excluding steroid dienone is 1. The van der Waals surface area contributed by atoms with Crippen LogP contribution in [0.3, 0.4) is 0 Å². The number of hydrogen-bond donors (Lipinski definition) is 0. The third-order valence-electron chi connectivity index (χ3n) is 5.74. The Balaban J connectivity index is 2.43. The maximum atomic E-state index is 2.68. The van der Waals surface area contributed by atoms with Crippen molar-refractivity contribution in [3.05, 3.63) is 100 Å². The molecule has 0 aromatic heterocycles. The van der Waals surface area contributed by atoms with Crippen LogP contribution in [0.2, 0.25) is 19.6 Å². The molecule has 29 heavy (non-hydrogen) atoms. The molecule has 3 rings (SSSR count). The molecule has 0 unspecified atom stereocenters. The molecule has 0 fully saturated rings. The summed E-state index contributed by atoms with van der Waals surface area (Å²) in [6.07, 6.45) is 6.40. The first-order valence-electron chi connectivity index (χ1n) is 10.9. The van der Waals surface area contributed by atoms with E-state index in [2.05, 4.69) is 124 Å². The average molecular weight is 505 g/mol. The van der Waals surface area contributed by atoms with Crippen LogP contribution in [0.15, 0.2) is 100 Å². The van der Waals surface area contributed by atoms with Gasteiger partial charge >= 0.3 is 183 Å². The van der Waals surface area contributed by atoms with Crippen molar-refractivity contribution >= 4 is 37.2 Å². The molecule has 3 aromatic rings. The molecular formula is C27H34SiSn. The number of unbranched alkanes of at least 4 members (excludes halogenated alkanes) is 2. The minimum absolute atomic E-state index is 1.20. The van der Waals surface area contributed by atoms with Crippen LogP contribution in [-0.2, 0) is 0 Å². The van der Waals surface area contributed by atoms with E-state index in [1.54, 1.807) is 10.7 Å². The van der Waals surface area contributed by atoms with E-state index in [9.17, 15) is 0 Å². The topological polar surface area (TPSA) is 0 Å². The van der Waals surface area contributed by atoms with Crippen molar-refractivity contribution in [2.45, 2.75) is 45.8 Å². The second-order valence-corrected chi connectivity index (χ2v) is 26.1. The zero-order valence-corrected chi connectivity index (χ0v) is 22.2. The van der Waals surface area contributed by atoms with Gasteiger partial charge < -0.3 is 0 Å². The molecule has 0 aliphatic heterocycles. The van der Waals surface area contributed by atoms with Gasteiger partial charge in [-0.2, -0.15) is 0 Å². The van der Waals surface area contributed by atoms with Gasteiger partial charge in [0.25, 0.3) is 0 Å². The molecule has 0 heterocycles. The van der Waals surface area contributed by atoms with Gasteiger partial charge in [-0.1, -0.05) is 0 Å². The van der Waals surface area contributed by atoms with Gasteiger partial charge in [0.2, 0.25) is 0 Å².